The molecule has 3 aromatic carbocycles. The number of benzene rings is 3. The number of aromatic amines is 1. The van der Waals surface area contributed by atoms with E-state index in [0.29, 0.717) is 30.0 Å². The van der Waals surface area contributed by atoms with Gasteiger partial charge in [0.25, 0.3) is 5.91 Å². The van der Waals surface area contributed by atoms with Gasteiger partial charge in [-0.15, -0.1) is 0 Å². The summed E-state index contributed by atoms with van der Waals surface area (Å²) < 4.78 is 45.1. The second-order valence-electron chi connectivity index (χ2n) is 8.22. The lowest BCUT2D eigenvalue weighted by Crippen LogP contribution is -2.56. The number of amides is 1. The summed E-state index contributed by atoms with van der Waals surface area (Å²) in [6.07, 6.45) is -3.84. The summed E-state index contributed by atoms with van der Waals surface area (Å²) in [5.74, 6) is 0.226. The van der Waals surface area contributed by atoms with Gasteiger partial charge < -0.3 is 15.0 Å². The summed E-state index contributed by atoms with van der Waals surface area (Å²) in [5.41, 5.74) is 1.08. The molecule has 4 aromatic rings. The Labute approximate surface area is 193 Å². The van der Waals surface area contributed by atoms with E-state index < -0.39 is 23.2 Å². The highest BCUT2D eigenvalue weighted by Gasteiger charge is 2.47. The van der Waals surface area contributed by atoms with Crippen molar-refractivity contribution in [3.05, 3.63) is 95.2 Å². The summed E-state index contributed by atoms with van der Waals surface area (Å²) in [6, 6.07) is 19.5. The maximum absolute atomic E-state index is 13.9. The number of carbonyl (C=O) groups is 1. The number of halogens is 3. The van der Waals surface area contributed by atoms with E-state index in [4.69, 9.17) is 4.74 Å². The Hall–Kier alpha value is -3.78. The molecule has 1 amide bonds. The van der Waals surface area contributed by atoms with Crippen LogP contribution >= 0.6 is 0 Å². The lowest BCUT2D eigenvalue weighted by Gasteiger charge is -2.37. The molecule has 174 valence electrons. The Kier molecular flexibility index (Phi) is 5.32. The van der Waals surface area contributed by atoms with E-state index in [1.807, 2.05) is 48.5 Å². The Morgan fingerprint density at radius 1 is 1.03 bits per heavy atom. The highest BCUT2D eigenvalue weighted by molar-refractivity contribution is 6.03. The van der Waals surface area contributed by atoms with E-state index >= 15 is 0 Å². The molecule has 1 atom stereocenters. The maximum atomic E-state index is 13.9. The maximum Gasteiger partial charge on any atom is 0.416 e. The highest BCUT2D eigenvalue weighted by Crippen LogP contribution is 2.40. The van der Waals surface area contributed by atoms with E-state index in [-0.39, 0.29) is 5.69 Å². The van der Waals surface area contributed by atoms with Crippen LogP contribution in [0.1, 0.15) is 22.4 Å². The number of nitrogens with one attached hydrogen (secondary N) is 3. The monoisotopic (exact) mass is 465 g/mol. The SMILES string of the molecule is COc1ccc2[nH]c3c(c2c1)CCN[C@@]3(C(=O)Nc1cccc(C(F)(F)F)c1)c1ccccc1. The number of fused-ring (bicyclic) bond motifs is 3. The van der Waals surface area contributed by atoms with Gasteiger partial charge in [0.2, 0.25) is 0 Å². The molecule has 0 unspecified atom stereocenters. The van der Waals surface area contributed by atoms with Crippen molar-refractivity contribution in [2.75, 3.05) is 19.0 Å². The van der Waals surface area contributed by atoms with Crippen molar-refractivity contribution in [3.8, 4) is 5.75 Å². The molecule has 0 aliphatic carbocycles. The first-order chi connectivity index (χ1) is 16.3. The highest BCUT2D eigenvalue weighted by atomic mass is 19.4. The van der Waals surface area contributed by atoms with E-state index in [1.54, 1.807) is 7.11 Å². The van der Waals surface area contributed by atoms with Gasteiger partial charge in [-0.25, -0.2) is 0 Å². The molecule has 0 radical (unpaired) electrons. The minimum absolute atomic E-state index is 0.0711. The van der Waals surface area contributed by atoms with Crippen molar-refractivity contribution in [1.82, 2.24) is 10.3 Å². The van der Waals surface area contributed by atoms with Crippen molar-refractivity contribution >= 4 is 22.5 Å². The number of ether oxygens (including phenoxy) is 1. The molecule has 3 N–H and O–H groups in total. The van der Waals surface area contributed by atoms with Gasteiger partial charge in [-0.1, -0.05) is 36.4 Å². The largest absolute Gasteiger partial charge is 0.497 e. The first-order valence-electron chi connectivity index (χ1n) is 10.8. The quantitative estimate of drug-likeness (QED) is 0.387. The molecule has 2 heterocycles. The number of alkyl halides is 3. The van der Waals surface area contributed by atoms with E-state index in [2.05, 4.69) is 15.6 Å². The number of hydrogen-bond acceptors (Lipinski definition) is 3. The topological polar surface area (TPSA) is 66.1 Å². The normalized spacial score (nSPS) is 17.9. The third-order valence-electron chi connectivity index (χ3n) is 6.25. The summed E-state index contributed by atoms with van der Waals surface area (Å²) in [6.45, 7) is 0.502. The second-order valence-corrected chi connectivity index (χ2v) is 8.22. The molecule has 1 aliphatic rings. The molecular weight excluding hydrogens is 443 g/mol. The van der Waals surface area contributed by atoms with E-state index in [0.717, 1.165) is 28.6 Å². The average Bonchev–Trinajstić information content (AvgIpc) is 3.22. The second kappa shape index (κ2) is 8.22. The van der Waals surface area contributed by atoms with Crippen LogP contribution < -0.4 is 15.4 Å². The third-order valence-corrected chi connectivity index (χ3v) is 6.25. The van der Waals surface area contributed by atoms with Crippen LogP contribution in [0, 0.1) is 0 Å². The van der Waals surface area contributed by atoms with Gasteiger partial charge in [-0.2, -0.15) is 13.2 Å². The number of methoxy groups -OCH3 is 1. The van der Waals surface area contributed by atoms with Gasteiger partial charge in [0.1, 0.15) is 5.75 Å². The molecule has 0 fully saturated rings. The van der Waals surface area contributed by atoms with Gasteiger partial charge in [0.05, 0.1) is 18.4 Å². The Bertz CT molecular complexity index is 1360. The molecule has 5 nitrogen and oxygen atoms in total. The Balaban J connectivity index is 1.66. The van der Waals surface area contributed by atoms with Crippen molar-refractivity contribution in [2.24, 2.45) is 0 Å². The minimum Gasteiger partial charge on any atom is -0.497 e. The fraction of sp³-hybridized carbons (Fsp3) is 0.192. The van der Waals surface area contributed by atoms with Gasteiger partial charge in [0.15, 0.2) is 5.54 Å². The standard InChI is InChI=1S/C26H22F3N3O2/c1-34-19-10-11-22-21(15-19)20-12-13-30-25(23(20)32-22,16-6-3-2-4-7-16)24(33)31-18-9-5-8-17(14-18)26(27,28)29/h2-11,14-15,30,32H,12-13H2,1H3,(H,31,33)/t25-/m0/s1. The molecule has 0 saturated heterocycles. The van der Waals surface area contributed by atoms with E-state index in [1.165, 1.54) is 12.1 Å². The number of anilines is 1. The van der Waals surface area contributed by atoms with Crippen LogP contribution in [0.5, 0.6) is 5.75 Å². The van der Waals surface area contributed by atoms with Crippen LogP contribution in [0.25, 0.3) is 10.9 Å². The van der Waals surface area contributed by atoms with Crippen molar-refractivity contribution in [2.45, 2.75) is 18.1 Å². The van der Waals surface area contributed by atoms with Gasteiger partial charge in [-0.05, 0) is 53.9 Å². The number of aromatic nitrogens is 1. The Morgan fingerprint density at radius 2 is 1.82 bits per heavy atom. The van der Waals surface area contributed by atoms with Gasteiger partial charge in [0, 0.05) is 23.1 Å². The predicted molar refractivity (Wildman–Crippen MR) is 124 cm³/mol. The molecule has 8 heteroatoms. The minimum atomic E-state index is -4.51. The molecule has 34 heavy (non-hydrogen) atoms. The third kappa shape index (κ3) is 3.60. The zero-order valence-electron chi connectivity index (χ0n) is 18.3. The first kappa shape index (κ1) is 22.0. The Morgan fingerprint density at radius 3 is 2.56 bits per heavy atom. The van der Waals surface area contributed by atoms with Crippen LogP contribution in [-0.2, 0) is 22.9 Å². The van der Waals surface area contributed by atoms with Crippen LogP contribution in [0.3, 0.4) is 0 Å². The van der Waals surface area contributed by atoms with Gasteiger partial charge >= 0.3 is 6.18 Å². The number of rotatable bonds is 4. The van der Waals surface area contributed by atoms with Gasteiger partial charge in [-0.3, -0.25) is 10.1 Å². The predicted octanol–water partition coefficient (Wildman–Crippen LogP) is 5.22. The fourth-order valence-corrected chi connectivity index (χ4v) is 4.65. The number of carbonyl (C=O) groups excluding carboxylic acids is 1. The number of hydrogen-bond donors (Lipinski definition) is 3. The van der Waals surface area contributed by atoms with Crippen molar-refractivity contribution < 1.29 is 22.7 Å². The summed E-state index contributed by atoms with van der Waals surface area (Å²) in [5, 5.41) is 7.04. The number of H-pyrrole nitrogens is 1. The average molecular weight is 465 g/mol. The zero-order valence-corrected chi connectivity index (χ0v) is 18.3. The summed E-state index contributed by atoms with van der Waals surface area (Å²) in [7, 11) is 1.60. The molecule has 0 saturated carbocycles. The molecule has 1 aliphatic heterocycles. The lowest BCUT2D eigenvalue weighted by atomic mass is 9.80. The molecule has 0 spiro atoms. The van der Waals surface area contributed by atoms with Crippen molar-refractivity contribution in [1.29, 1.82) is 0 Å². The van der Waals surface area contributed by atoms with Crippen molar-refractivity contribution in [3.63, 3.8) is 0 Å². The van der Waals surface area contributed by atoms with E-state index in [9.17, 15) is 18.0 Å². The van der Waals surface area contributed by atoms with Crippen LogP contribution in [0.4, 0.5) is 18.9 Å². The molecular formula is C26H22F3N3O2. The first-order valence-corrected chi connectivity index (χ1v) is 10.8. The van der Waals surface area contributed by atoms with Crippen LogP contribution in [0.15, 0.2) is 72.8 Å². The molecule has 1 aromatic heterocycles. The van der Waals surface area contributed by atoms with Crippen LogP contribution in [0.2, 0.25) is 0 Å². The zero-order chi connectivity index (χ0) is 23.9. The van der Waals surface area contributed by atoms with Crippen LogP contribution in [-0.4, -0.2) is 24.5 Å². The fourth-order valence-electron chi connectivity index (χ4n) is 4.65. The smallest absolute Gasteiger partial charge is 0.416 e. The summed E-state index contributed by atoms with van der Waals surface area (Å²) in [4.78, 5) is 17.3. The lowest BCUT2D eigenvalue weighted by molar-refractivity contribution is -0.137. The molecule has 5 rings (SSSR count). The molecule has 0 bridgehead atoms. The summed E-state index contributed by atoms with van der Waals surface area (Å²) >= 11 is 0.